The highest BCUT2D eigenvalue weighted by Gasteiger charge is 2.01. The van der Waals surface area contributed by atoms with Gasteiger partial charge in [-0.05, 0) is 58.2 Å². The van der Waals surface area contributed by atoms with E-state index in [9.17, 15) is 4.39 Å². The van der Waals surface area contributed by atoms with E-state index in [-0.39, 0.29) is 5.82 Å². The van der Waals surface area contributed by atoms with Gasteiger partial charge in [-0.1, -0.05) is 12.1 Å². The Morgan fingerprint density at radius 2 is 1.89 bits per heavy atom. The van der Waals surface area contributed by atoms with Gasteiger partial charge in [0.15, 0.2) is 0 Å². The van der Waals surface area contributed by atoms with Gasteiger partial charge in [-0.2, -0.15) is 0 Å². The molecule has 0 bridgehead atoms. The molecular formula is C15H15BrFNO. The van der Waals surface area contributed by atoms with Crippen molar-refractivity contribution < 1.29 is 9.13 Å². The second-order valence-corrected chi connectivity index (χ2v) is 5.00. The van der Waals surface area contributed by atoms with E-state index in [2.05, 4.69) is 21.2 Å². The standard InChI is InChI=1S/C15H15BrFNO/c1-19-13-5-2-11(3-6-13)8-9-18-15-10-12(17)4-7-14(15)16/h2-7,10,18H,8-9H2,1H3. The van der Waals surface area contributed by atoms with Gasteiger partial charge in [-0.3, -0.25) is 0 Å². The summed E-state index contributed by atoms with van der Waals surface area (Å²) in [7, 11) is 1.65. The first-order valence-corrected chi connectivity index (χ1v) is 6.80. The Bertz CT molecular complexity index is 542. The van der Waals surface area contributed by atoms with Crippen molar-refractivity contribution in [3.63, 3.8) is 0 Å². The highest BCUT2D eigenvalue weighted by Crippen LogP contribution is 2.23. The predicted molar refractivity (Wildman–Crippen MR) is 79.3 cm³/mol. The van der Waals surface area contributed by atoms with E-state index in [1.807, 2.05) is 24.3 Å². The average molecular weight is 324 g/mol. The number of hydrogen-bond acceptors (Lipinski definition) is 2. The van der Waals surface area contributed by atoms with Crippen molar-refractivity contribution in [2.75, 3.05) is 19.0 Å². The molecule has 2 rings (SSSR count). The minimum Gasteiger partial charge on any atom is -0.497 e. The van der Waals surface area contributed by atoms with Gasteiger partial charge in [0.1, 0.15) is 11.6 Å². The van der Waals surface area contributed by atoms with E-state index in [0.29, 0.717) is 0 Å². The molecule has 0 radical (unpaired) electrons. The molecule has 0 aromatic heterocycles. The molecule has 0 saturated heterocycles. The zero-order valence-electron chi connectivity index (χ0n) is 10.6. The molecule has 2 aromatic rings. The topological polar surface area (TPSA) is 21.3 Å². The molecule has 0 saturated carbocycles. The third-order valence-electron chi connectivity index (χ3n) is 2.82. The van der Waals surface area contributed by atoms with Gasteiger partial charge in [0.2, 0.25) is 0 Å². The molecule has 0 spiro atoms. The Morgan fingerprint density at radius 1 is 1.16 bits per heavy atom. The Hall–Kier alpha value is -1.55. The number of hydrogen-bond donors (Lipinski definition) is 1. The maximum absolute atomic E-state index is 13.1. The summed E-state index contributed by atoms with van der Waals surface area (Å²) in [5, 5.41) is 3.21. The van der Waals surface area contributed by atoms with Crippen molar-refractivity contribution >= 4 is 21.6 Å². The monoisotopic (exact) mass is 323 g/mol. The van der Waals surface area contributed by atoms with Crippen LogP contribution in [0.5, 0.6) is 5.75 Å². The fourth-order valence-corrected chi connectivity index (χ4v) is 2.15. The molecule has 1 N–H and O–H groups in total. The SMILES string of the molecule is COc1ccc(CCNc2cc(F)ccc2Br)cc1. The summed E-state index contributed by atoms with van der Waals surface area (Å²) in [5.41, 5.74) is 1.98. The summed E-state index contributed by atoms with van der Waals surface area (Å²) < 4.78 is 19.1. The molecule has 0 aliphatic carbocycles. The average Bonchev–Trinajstić information content (AvgIpc) is 2.43. The highest BCUT2D eigenvalue weighted by molar-refractivity contribution is 9.10. The van der Waals surface area contributed by atoms with E-state index < -0.39 is 0 Å². The summed E-state index contributed by atoms with van der Waals surface area (Å²) in [4.78, 5) is 0. The summed E-state index contributed by atoms with van der Waals surface area (Å²) in [6.45, 7) is 0.744. The number of anilines is 1. The molecule has 2 aromatic carbocycles. The van der Waals surface area contributed by atoms with Crippen LogP contribution in [0, 0.1) is 5.82 Å². The minimum absolute atomic E-state index is 0.241. The fraction of sp³-hybridized carbons (Fsp3) is 0.200. The van der Waals surface area contributed by atoms with Crippen molar-refractivity contribution in [1.82, 2.24) is 0 Å². The van der Waals surface area contributed by atoms with Gasteiger partial charge in [-0.15, -0.1) is 0 Å². The molecule has 0 heterocycles. The van der Waals surface area contributed by atoms with Crippen LogP contribution in [0.25, 0.3) is 0 Å². The van der Waals surface area contributed by atoms with Gasteiger partial charge in [0, 0.05) is 11.0 Å². The van der Waals surface area contributed by atoms with Crippen LogP contribution in [0.3, 0.4) is 0 Å². The number of halogens is 2. The number of benzene rings is 2. The third kappa shape index (κ3) is 3.96. The maximum atomic E-state index is 13.1. The van der Waals surface area contributed by atoms with Crippen molar-refractivity contribution in [3.8, 4) is 5.75 Å². The van der Waals surface area contributed by atoms with Crippen LogP contribution in [0.4, 0.5) is 10.1 Å². The lowest BCUT2D eigenvalue weighted by atomic mass is 10.1. The zero-order valence-corrected chi connectivity index (χ0v) is 12.2. The second kappa shape index (κ2) is 6.57. The lowest BCUT2D eigenvalue weighted by Crippen LogP contribution is -2.05. The summed E-state index contributed by atoms with van der Waals surface area (Å²) in [6.07, 6.45) is 0.868. The molecule has 0 fully saturated rings. The molecule has 19 heavy (non-hydrogen) atoms. The van der Waals surface area contributed by atoms with Crippen molar-refractivity contribution in [2.24, 2.45) is 0 Å². The first-order valence-electron chi connectivity index (χ1n) is 6.01. The Morgan fingerprint density at radius 3 is 2.58 bits per heavy atom. The number of ether oxygens (including phenoxy) is 1. The quantitative estimate of drug-likeness (QED) is 0.888. The van der Waals surface area contributed by atoms with Gasteiger partial charge < -0.3 is 10.1 Å². The molecule has 0 amide bonds. The minimum atomic E-state index is -0.241. The van der Waals surface area contributed by atoms with E-state index >= 15 is 0 Å². The highest BCUT2D eigenvalue weighted by atomic mass is 79.9. The molecule has 2 nitrogen and oxygen atoms in total. The summed E-state index contributed by atoms with van der Waals surface area (Å²) in [6, 6.07) is 12.5. The Balaban J connectivity index is 1.90. The zero-order chi connectivity index (χ0) is 13.7. The van der Waals surface area contributed by atoms with Crippen LogP contribution in [0.15, 0.2) is 46.9 Å². The summed E-state index contributed by atoms with van der Waals surface area (Å²) in [5.74, 6) is 0.611. The number of methoxy groups -OCH3 is 1. The largest absolute Gasteiger partial charge is 0.497 e. The van der Waals surface area contributed by atoms with Crippen LogP contribution in [0.2, 0.25) is 0 Å². The Labute approximate surface area is 120 Å². The van der Waals surface area contributed by atoms with Crippen LogP contribution in [-0.4, -0.2) is 13.7 Å². The first-order chi connectivity index (χ1) is 9.19. The lowest BCUT2D eigenvalue weighted by Gasteiger charge is -2.09. The van der Waals surface area contributed by atoms with Gasteiger partial charge in [0.25, 0.3) is 0 Å². The van der Waals surface area contributed by atoms with Gasteiger partial charge in [0.05, 0.1) is 12.8 Å². The van der Waals surface area contributed by atoms with Crippen LogP contribution < -0.4 is 10.1 Å². The van der Waals surface area contributed by atoms with Crippen molar-refractivity contribution in [3.05, 3.63) is 58.3 Å². The Kier molecular flexibility index (Phi) is 4.80. The summed E-state index contributed by atoms with van der Waals surface area (Å²) >= 11 is 3.39. The number of rotatable bonds is 5. The van der Waals surface area contributed by atoms with Gasteiger partial charge in [-0.25, -0.2) is 4.39 Å². The normalized spacial score (nSPS) is 10.3. The molecule has 100 valence electrons. The third-order valence-corrected chi connectivity index (χ3v) is 3.51. The molecule has 0 atom stereocenters. The fourth-order valence-electron chi connectivity index (χ4n) is 1.77. The molecular weight excluding hydrogens is 309 g/mol. The van der Waals surface area contributed by atoms with E-state index in [4.69, 9.17) is 4.74 Å². The second-order valence-electron chi connectivity index (χ2n) is 4.15. The van der Waals surface area contributed by atoms with E-state index in [1.165, 1.54) is 17.7 Å². The lowest BCUT2D eigenvalue weighted by molar-refractivity contribution is 0.414. The molecule has 0 aliphatic rings. The first kappa shape index (κ1) is 13.9. The van der Waals surface area contributed by atoms with Crippen molar-refractivity contribution in [2.45, 2.75) is 6.42 Å². The van der Waals surface area contributed by atoms with Crippen molar-refractivity contribution in [1.29, 1.82) is 0 Å². The molecule has 0 unspecified atom stereocenters. The van der Waals surface area contributed by atoms with Gasteiger partial charge >= 0.3 is 0 Å². The smallest absolute Gasteiger partial charge is 0.125 e. The molecule has 0 aliphatic heterocycles. The molecule has 4 heteroatoms. The van der Waals surface area contributed by atoms with Crippen LogP contribution in [0.1, 0.15) is 5.56 Å². The number of nitrogens with one attached hydrogen (secondary N) is 1. The van der Waals surface area contributed by atoms with Crippen LogP contribution >= 0.6 is 15.9 Å². The maximum Gasteiger partial charge on any atom is 0.125 e. The van der Waals surface area contributed by atoms with E-state index in [0.717, 1.165) is 28.9 Å². The predicted octanol–water partition coefficient (Wildman–Crippen LogP) is 4.25. The van der Waals surface area contributed by atoms with E-state index in [1.54, 1.807) is 13.2 Å². The van der Waals surface area contributed by atoms with Crippen LogP contribution in [-0.2, 0) is 6.42 Å².